The fourth-order valence-electron chi connectivity index (χ4n) is 2.15. The van der Waals surface area contributed by atoms with Crippen molar-refractivity contribution in [2.45, 2.75) is 13.8 Å². The van der Waals surface area contributed by atoms with E-state index < -0.39 is 0 Å². The van der Waals surface area contributed by atoms with Crippen LogP contribution in [0.2, 0.25) is 0 Å². The second-order valence-corrected chi connectivity index (χ2v) is 6.06. The number of carbonyl (C=O) groups is 1. The fourth-order valence-corrected chi connectivity index (χ4v) is 3.09. The van der Waals surface area contributed by atoms with Gasteiger partial charge in [0.05, 0.1) is 11.4 Å². The van der Waals surface area contributed by atoms with Crippen LogP contribution in [0.15, 0.2) is 42.6 Å². The van der Waals surface area contributed by atoms with Gasteiger partial charge in [-0.25, -0.2) is 9.37 Å². The van der Waals surface area contributed by atoms with Gasteiger partial charge in [-0.15, -0.1) is 11.3 Å². The van der Waals surface area contributed by atoms with Crippen LogP contribution in [0, 0.1) is 19.7 Å². The van der Waals surface area contributed by atoms with Gasteiger partial charge in [-0.2, -0.15) is 0 Å². The zero-order chi connectivity index (χ0) is 16.4. The van der Waals surface area contributed by atoms with Crippen LogP contribution in [-0.4, -0.2) is 15.9 Å². The van der Waals surface area contributed by atoms with Crippen LogP contribution in [0.5, 0.6) is 0 Å². The Morgan fingerprint density at radius 3 is 2.74 bits per heavy atom. The van der Waals surface area contributed by atoms with E-state index in [9.17, 15) is 9.18 Å². The molecule has 1 amide bonds. The third-order valence-electron chi connectivity index (χ3n) is 3.32. The lowest BCUT2D eigenvalue weighted by molar-refractivity contribution is 0.102. The average Bonchev–Trinajstić information content (AvgIpc) is 2.93. The Morgan fingerprint density at radius 1 is 1.22 bits per heavy atom. The second-order valence-electron chi connectivity index (χ2n) is 5.06. The minimum Gasteiger partial charge on any atom is -0.321 e. The van der Waals surface area contributed by atoms with Gasteiger partial charge < -0.3 is 5.32 Å². The summed E-state index contributed by atoms with van der Waals surface area (Å²) >= 11 is 1.29. The summed E-state index contributed by atoms with van der Waals surface area (Å²) in [7, 11) is 0. The quantitative estimate of drug-likeness (QED) is 0.784. The molecule has 0 unspecified atom stereocenters. The summed E-state index contributed by atoms with van der Waals surface area (Å²) in [6.07, 6.45) is 1.69. The standard InChI is InChI=1S/C17H14FN3OS/c1-10-9-12(18)6-7-13(10)21-16(22)15-11(2)20-17(23-15)14-5-3-4-8-19-14/h3-9H,1-2H3,(H,21,22). The first-order chi connectivity index (χ1) is 11.0. The number of nitrogens with zero attached hydrogens (tertiary/aromatic N) is 2. The summed E-state index contributed by atoms with van der Waals surface area (Å²) in [6.45, 7) is 3.53. The molecule has 2 aromatic heterocycles. The Bertz CT molecular complexity index is 862. The lowest BCUT2D eigenvalue weighted by Gasteiger charge is -2.07. The smallest absolute Gasteiger partial charge is 0.267 e. The highest BCUT2D eigenvalue weighted by atomic mass is 32.1. The predicted octanol–water partition coefficient (Wildman–Crippen LogP) is 4.21. The largest absolute Gasteiger partial charge is 0.321 e. The normalized spacial score (nSPS) is 10.6. The van der Waals surface area contributed by atoms with Crippen molar-refractivity contribution in [3.05, 3.63) is 64.5 Å². The molecule has 1 N–H and O–H groups in total. The van der Waals surface area contributed by atoms with E-state index in [2.05, 4.69) is 15.3 Å². The van der Waals surface area contributed by atoms with Crippen LogP contribution < -0.4 is 5.32 Å². The summed E-state index contributed by atoms with van der Waals surface area (Å²) in [4.78, 5) is 21.6. The molecule has 0 aliphatic rings. The topological polar surface area (TPSA) is 54.9 Å². The highest BCUT2D eigenvalue weighted by Gasteiger charge is 2.17. The van der Waals surface area contributed by atoms with E-state index in [1.807, 2.05) is 18.2 Å². The van der Waals surface area contributed by atoms with Gasteiger partial charge in [-0.1, -0.05) is 6.07 Å². The third kappa shape index (κ3) is 3.27. The molecule has 0 atom stereocenters. The van der Waals surface area contributed by atoms with E-state index in [1.54, 1.807) is 26.1 Å². The molecule has 0 fully saturated rings. The van der Waals surface area contributed by atoms with Crippen molar-refractivity contribution in [2.24, 2.45) is 0 Å². The van der Waals surface area contributed by atoms with E-state index in [0.29, 0.717) is 26.8 Å². The zero-order valence-corrected chi connectivity index (χ0v) is 13.4. The molecule has 3 rings (SSSR count). The van der Waals surface area contributed by atoms with Crippen molar-refractivity contribution in [1.82, 2.24) is 9.97 Å². The molecular formula is C17H14FN3OS. The number of rotatable bonds is 3. The van der Waals surface area contributed by atoms with Crippen LogP contribution >= 0.6 is 11.3 Å². The molecule has 0 bridgehead atoms. The first kappa shape index (κ1) is 15.3. The van der Waals surface area contributed by atoms with E-state index >= 15 is 0 Å². The summed E-state index contributed by atoms with van der Waals surface area (Å²) in [6, 6.07) is 9.81. The Balaban J connectivity index is 1.87. The number of pyridine rings is 1. The van der Waals surface area contributed by atoms with Crippen LogP contribution in [0.25, 0.3) is 10.7 Å². The van der Waals surface area contributed by atoms with Crippen molar-refractivity contribution in [3.63, 3.8) is 0 Å². The molecule has 2 heterocycles. The van der Waals surface area contributed by atoms with Gasteiger partial charge in [0.15, 0.2) is 0 Å². The molecular weight excluding hydrogens is 313 g/mol. The van der Waals surface area contributed by atoms with Gasteiger partial charge in [0, 0.05) is 11.9 Å². The lowest BCUT2D eigenvalue weighted by atomic mass is 10.2. The van der Waals surface area contributed by atoms with Crippen molar-refractivity contribution in [2.75, 3.05) is 5.32 Å². The predicted molar refractivity (Wildman–Crippen MR) is 89.2 cm³/mol. The van der Waals surface area contributed by atoms with Crippen molar-refractivity contribution >= 4 is 22.9 Å². The molecule has 0 aliphatic carbocycles. The summed E-state index contributed by atoms with van der Waals surface area (Å²) in [5.41, 5.74) is 2.64. The summed E-state index contributed by atoms with van der Waals surface area (Å²) in [5, 5.41) is 3.50. The molecule has 23 heavy (non-hydrogen) atoms. The molecule has 0 saturated carbocycles. The number of hydrogen-bond acceptors (Lipinski definition) is 4. The van der Waals surface area contributed by atoms with Crippen LogP contribution in [-0.2, 0) is 0 Å². The Morgan fingerprint density at radius 2 is 2.04 bits per heavy atom. The third-order valence-corrected chi connectivity index (χ3v) is 4.50. The maximum atomic E-state index is 13.1. The number of hydrogen-bond donors (Lipinski definition) is 1. The monoisotopic (exact) mass is 327 g/mol. The van der Waals surface area contributed by atoms with Crippen LogP contribution in [0.4, 0.5) is 10.1 Å². The maximum Gasteiger partial charge on any atom is 0.267 e. The number of nitrogens with one attached hydrogen (secondary N) is 1. The number of aryl methyl sites for hydroxylation is 2. The molecule has 4 nitrogen and oxygen atoms in total. The van der Waals surface area contributed by atoms with Gasteiger partial charge in [0.2, 0.25) is 0 Å². The number of aromatic nitrogens is 2. The van der Waals surface area contributed by atoms with E-state index in [4.69, 9.17) is 0 Å². The van der Waals surface area contributed by atoms with Crippen molar-refractivity contribution < 1.29 is 9.18 Å². The number of anilines is 1. The minimum absolute atomic E-state index is 0.253. The van der Waals surface area contributed by atoms with Crippen molar-refractivity contribution in [3.8, 4) is 10.7 Å². The van der Waals surface area contributed by atoms with E-state index in [0.717, 1.165) is 5.69 Å². The Hall–Kier alpha value is -2.60. The minimum atomic E-state index is -0.327. The van der Waals surface area contributed by atoms with Crippen LogP contribution in [0.3, 0.4) is 0 Å². The first-order valence-electron chi connectivity index (χ1n) is 7.01. The zero-order valence-electron chi connectivity index (χ0n) is 12.6. The molecule has 3 aromatic rings. The molecule has 116 valence electrons. The maximum absolute atomic E-state index is 13.1. The number of halogens is 1. The number of benzene rings is 1. The van der Waals surface area contributed by atoms with E-state index in [-0.39, 0.29) is 11.7 Å². The van der Waals surface area contributed by atoms with E-state index in [1.165, 1.54) is 23.5 Å². The molecule has 6 heteroatoms. The van der Waals surface area contributed by atoms with Gasteiger partial charge >= 0.3 is 0 Å². The number of thiazole rings is 1. The van der Waals surface area contributed by atoms with Crippen molar-refractivity contribution in [1.29, 1.82) is 0 Å². The molecule has 1 aromatic carbocycles. The second kappa shape index (κ2) is 6.26. The summed E-state index contributed by atoms with van der Waals surface area (Å²) < 4.78 is 13.1. The van der Waals surface area contributed by atoms with Gasteiger partial charge in [-0.3, -0.25) is 9.78 Å². The Labute approximate surface area is 137 Å². The first-order valence-corrected chi connectivity index (χ1v) is 7.82. The van der Waals surface area contributed by atoms with Gasteiger partial charge in [0.1, 0.15) is 15.7 Å². The number of carbonyl (C=O) groups excluding carboxylic acids is 1. The molecule has 0 saturated heterocycles. The summed E-state index contributed by atoms with van der Waals surface area (Å²) in [5.74, 6) is -0.580. The lowest BCUT2D eigenvalue weighted by Crippen LogP contribution is -2.12. The average molecular weight is 327 g/mol. The molecule has 0 spiro atoms. The highest BCUT2D eigenvalue weighted by Crippen LogP contribution is 2.27. The molecule has 0 aliphatic heterocycles. The van der Waals surface area contributed by atoms with Crippen LogP contribution in [0.1, 0.15) is 20.9 Å². The number of amides is 1. The fraction of sp³-hybridized carbons (Fsp3) is 0.118. The Kier molecular flexibility index (Phi) is 4.16. The SMILES string of the molecule is Cc1cc(F)ccc1NC(=O)c1sc(-c2ccccn2)nc1C. The van der Waals surface area contributed by atoms with Gasteiger partial charge in [0.25, 0.3) is 5.91 Å². The molecule has 0 radical (unpaired) electrons. The van der Waals surface area contributed by atoms with Gasteiger partial charge in [-0.05, 0) is 49.7 Å². The highest BCUT2D eigenvalue weighted by molar-refractivity contribution is 7.17.